The first-order valence-corrected chi connectivity index (χ1v) is 8.77. The van der Waals surface area contributed by atoms with Gasteiger partial charge in [-0.25, -0.2) is 4.39 Å². The van der Waals surface area contributed by atoms with E-state index in [0.29, 0.717) is 17.8 Å². The van der Waals surface area contributed by atoms with E-state index in [1.54, 1.807) is 18.2 Å². The molecule has 0 aromatic heterocycles. The predicted molar refractivity (Wildman–Crippen MR) is 87.8 cm³/mol. The lowest BCUT2D eigenvalue weighted by Gasteiger charge is -2.52. The Morgan fingerprint density at radius 1 is 1.26 bits per heavy atom. The summed E-state index contributed by atoms with van der Waals surface area (Å²) in [6.07, 6.45) is 7.45. The fourth-order valence-corrected chi connectivity index (χ4v) is 5.97. The molecule has 2 N–H and O–H groups in total. The summed E-state index contributed by atoms with van der Waals surface area (Å²) in [5.41, 5.74) is 1.32. The summed E-state index contributed by atoms with van der Waals surface area (Å²) >= 11 is 0. The fraction of sp³-hybridized carbons (Fsp3) is 0.600. The first-order valence-electron chi connectivity index (χ1n) is 8.77. The third-order valence-electron chi connectivity index (χ3n) is 7.34. The molecule has 2 saturated carbocycles. The van der Waals surface area contributed by atoms with Crippen LogP contribution >= 0.6 is 0 Å². The van der Waals surface area contributed by atoms with Gasteiger partial charge in [-0.3, -0.25) is 0 Å². The van der Waals surface area contributed by atoms with E-state index >= 15 is 0 Å². The summed E-state index contributed by atoms with van der Waals surface area (Å²) in [6.45, 7) is 6.10. The van der Waals surface area contributed by atoms with E-state index in [1.165, 1.54) is 0 Å². The van der Waals surface area contributed by atoms with Crippen LogP contribution in [0.25, 0.3) is 0 Å². The van der Waals surface area contributed by atoms with Gasteiger partial charge >= 0.3 is 0 Å². The van der Waals surface area contributed by atoms with Gasteiger partial charge in [0.15, 0.2) is 11.6 Å². The molecule has 5 atom stereocenters. The van der Waals surface area contributed by atoms with E-state index in [-0.39, 0.29) is 11.2 Å². The van der Waals surface area contributed by atoms with Gasteiger partial charge in [0.25, 0.3) is 0 Å². The van der Waals surface area contributed by atoms with E-state index in [2.05, 4.69) is 13.5 Å². The maximum absolute atomic E-state index is 13.9. The number of phenols is 1. The number of aliphatic hydroxyl groups is 1. The first-order chi connectivity index (χ1) is 10.9. The smallest absolute Gasteiger partial charge is 0.165 e. The Morgan fingerprint density at radius 3 is 2.78 bits per heavy atom. The van der Waals surface area contributed by atoms with Crippen molar-refractivity contribution < 1.29 is 14.6 Å². The highest BCUT2D eigenvalue weighted by atomic mass is 19.1. The summed E-state index contributed by atoms with van der Waals surface area (Å²) in [6, 6.07) is 3.17. The Labute approximate surface area is 137 Å². The largest absolute Gasteiger partial charge is 0.505 e. The Balaban J connectivity index is 1.73. The Kier molecular flexibility index (Phi) is 3.19. The third kappa shape index (κ3) is 1.89. The van der Waals surface area contributed by atoms with Crippen molar-refractivity contribution in [2.45, 2.75) is 57.0 Å². The average molecular weight is 316 g/mol. The van der Waals surface area contributed by atoms with Crippen LogP contribution in [-0.2, 0) is 6.42 Å². The van der Waals surface area contributed by atoms with E-state index in [1.807, 2.05) is 0 Å². The molecule has 2 fully saturated rings. The van der Waals surface area contributed by atoms with Gasteiger partial charge in [0.2, 0.25) is 0 Å². The predicted octanol–water partition coefficient (Wildman–Crippen LogP) is 4.30. The van der Waals surface area contributed by atoms with Crippen LogP contribution in [0.4, 0.5) is 4.39 Å². The highest BCUT2D eigenvalue weighted by molar-refractivity contribution is 5.41. The molecule has 1 aromatic carbocycles. The van der Waals surface area contributed by atoms with Gasteiger partial charge in [0, 0.05) is 5.41 Å². The molecule has 0 heterocycles. The van der Waals surface area contributed by atoms with Gasteiger partial charge in [-0.2, -0.15) is 0 Å². The van der Waals surface area contributed by atoms with Crippen molar-refractivity contribution in [3.05, 3.63) is 41.7 Å². The molecule has 3 aliphatic rings. The highest BCUT2D eigenvalue weighted by Crippen LogP contribution is 2.64. The minimum absolute atomic E-state index is 0.108. The van der Waals surface area contributed by atoms with Crippen molar-refractivity contribution >= 4 is 0 Å². The molecule has 0 saturated heterocycles. The third-order valence-corrected chi connectivity index (χ3v) is 7.34. The number of benzene rings is 1. The molecular weight excluding hydrogens is 291 g/mol. The lowest BCUT2D eigenvalue weighted by atomic mass is 9.53. The molecule has 3 heteroatoms. The van der Waals surface area contributed by atoms with E-state index in [9.17, 15) is 14.6 Å². The molecular formula is C20H25FO2. The summed E-state index contributed by atoms with van der Waals surface area (Å²) in [7, 11) is 0. The summed E-state index contributed by atoms with van der Waals surface area (Å²) < 4.78 is 13.9. The number of hydrogen-bond donors (Lipinski definition) is 2. The van der Waals surface area contributed by atoms with Crippen LogP contribution < -0.4 is 0 Å². The maximum Gasteiger partial charge on any atom is 0.165 e. The second-order valence-electron chi connectivity index (χ2n) is 8.04. The number of hydrogen-bond acceptors (Lipinski definition) is 2. The molecule has 23 heavy (non-hydrogen) atoms. The summed E-state index contributed by atoms with van der Waals surface area (Å²) in [4.78, 5) is 0. The highest BCUT2D eigenvalue weighted by Gasteiger charge is 2.60. The maximum atomic E-state index is 13.9. The van der Waals surface area contributed by atoms with Crippen molar-refractivity contribution in [3.63, 3.8) is 0 Å². The zero-order chi connectivity index (χ0) is 16.4. The quantitative estimate of drug-likeness (QED) is 0.758. The Hall–Kier alpha value is -1.35. The lowest BCUT2D eigenvalue weighted by Crippen LogP contribution is -2.49. The van der Waals surface area contributed by atoms with Crippen LogP contribution in [0.2, 0.25) is 0 Å². The van der Waals surface area contributed by atoms with Crippen LogP contribution in [0, 0.1) is 23.1 Å². The van der Waals surface area contributed by atoms with Crippen LogP contribution in [0.15, 0.2) is 24.8 Å². The number of halogens is 1. The number of aryl methyl sites for hydroxylation is 1. The normalized spacial score (nSPS) is 41.8. The molecule has 3 aliphatic carbocycles. The molecule has 0 unspecified atom stereocenters. The number of phenolic OH excluding ortho intramolecular Hbond substituents is 1. The van der Waals surface area contributed by atoms with Crippen molar-refractivity contribution in [2.75, 3.05) is 0 Å². The topological polar surface area (TPSA) is 40.5 Å². The lowest BCUT2D eigenvalue weighted by molar-refractivity contribution is -0.0707. The van der Waals surface area contributed by atoms with Gasteiger partial charge in [-0.15, -0.1) is 6.58 Å². The monoisotopic (exact) mass is 316 g/mol. The van der Waals surface area contributed by atoms with Crippen LogP contribution in [-0.4, -0.2) is 15.8 Å². The molecule has 4 rings (SSSR count). The number of fused-ring (bicyclic) bond motifs is 5. The number of rotatable bonds is 1. The van der Waals surface area contributed by atoms with Crippen LogP contribution in [0.1, 0.15) is 56.1 Å². The summed E-state index contributed by atoms with van der Waals surface area (Å²) in [5.74, 6) is 0.587. The molecule has 0 bridgehead atoms. The molecule has 0 amide bonds. The molecule has 124 valence electrons. The van der Waals surface area contributed by atoms with E-state index in [4.69, 9.17) is 0 Å². The van der Waals surface area contributed by atoms with Gasteiger partial charge in [0.05, 0.1) is 5.60 Å². The fourth-order valence-electron chi connectivity index (χ4n) is 5.97. The van der Waals surface area contributed by atoms with Crippen molar-refractivity contribution in [1.29, 1.82) is 0 Å². The minimum atomic E-state index is -0.761. The molecule has 1 aromatic rings. The molecule has 2 nitrogen and oxygen atoms in total. The first kappa shape index (κ1) is 15.2. The Morgan fingerprint density at radius 2 is 2.04 bits per heavy atom. The van der Waals surface area contributed by atoms with Crippen molar-refractivity contribution in [2.24, 2.45) is 17.3 Å². The van der Waals surface area contributed by atoms with E-state index < -0.39 is 11.4 Å². The standard InChI is InChI=1S/C20H25FO2/c1-3-20(23)9-7-16-14-5-4-12-10-18(22)17(21)11-15(12)13(14)6-8-19(16,20)2/h3,10-11,13-14,16,22-23H,1,4-9H2,2H3/t13-,14+,16-,19-,20-/m0/s1. The second kappa shape index (κ2) is 4.83. The van der Waals surface area contributed by atoms with E-state index in [0.717, 1.165) is 49.7 Å². The molecule has 0 radical (unpaired) electrons. The minimum Gasteiger partial charge on any atom is -0.505 e. The van der Waals surface area contributed by atoms with Crippen molar-refractivity contribution in [1.82, 2.24) is 0 Å². The zero-order valence-corrected chi connectivity index (χ0v) is 13.7. The second-order valence-corrected chi connectivity index (χ2v) is 8.04. The van der Waals surface area contributed by atoms with Gasteiger partial charge in [-0.1, -0.05) is 13.0 Å². The molecule has 0 spiro atoms. The molecule has 0 aliphatic heterocycles. The SMILES string of the molecule is C=C[C@]1(O)CC[C@H]2[C@@H]3CCc4cc(O)c(F)cc4[C@H]3CC[C@@]21C. The van der Waals surface area contributed by atoms with Crippen molar-refractivity contribution in [3.8, 4) is 5.75 Å². The summed E-state index contributed by atoms with van der Waals surface area (Å²) in [5, 5.41) is 20.7. The average Bonchev–Trinajstić information content (AvgIpc) is 2.81. The van der Waals surface area contributed by atoms with Gasteiger partial charge < -0.3 is 10.2 Å². The van der Waals surface area contributed by atoms with Crippen LogP contribution in [0.5, 0.6) is 5.75 Å². The van der Waals surface area contributed by atoms with Crippen LogP contribution in [0.3, 0.4) is 0 Å². The zero-order valence-electron chi connectivity index (χ0n) is 13.7. The van der Waals surface area contributed by atoms with Gasteiger partial charge in [0.1, 0.15) is 0 Å². The Bertz CT molecular complexity index is 670. The number of aromatic hydroxyl groups is 1. The van der Waals surface area contributed by atoms with Gasteiger partial charge in [-0.05, 0) is 79.5 Å².